The molecule has 7 N–H and O–H groups in total. The number of fused-ring (bicyclic) bond motifs is 1. The molecule has 4 heterocycles. The van der Waals surface area contributed by atoms with Crippen LogP contribution in [0.3, 0.4) is 0 Å². The number of hydrogen-bond acceptors (Lipinski definition) is 13. The van der Waals surface area contributed by atoms with Crippen molar-refractivity contribution in [3.8, 4) is 0 Å². The molecule has 2 fully saturated rings. The van der Waals surface area contributed by atoms with Crippen molar-refractivity contribution < 1.29 is 52.6 Å². The number of nitrogens with zero attached hydrogens (tertiary/aromatic N) is 7. The zero-order valence-corrected chi connectivity index (χ0v) is 41.4. The average molecular weight is 1020 g/mol. The van der Waals surface area contributed by atoms with Gasteiger partial charge in [0.1, 0.15) is 35.8 Å². The smallest absolute Gasteiger partial charge is 0.410 e. The van der Waals surface area contributed by atoms with Gasteiger partial charge in [0.2, 0.25) is 35.0 Å². The second-order valence-corrected chi connectivity index (χ2v) is 18.3. The number of likely N-dealkylation sites (tertiary alicyclic amines) is 1. The molecule has 0 spiro atoms. The molecule has 8 amide bonds. The van der Waals surface area contributed by atoms with Crippen LogP contribution in [0.25, 0.3) is 10.9 Å². The number of carbonyl (C=O) groups excluding carboxylic acids is 7. The molecule has 6 rings (SSSR count). The molecule has 0 unspecified atom stereocenters. The van der Waals surface area contributed by atoms with Gasteiger partial charge in [0.05, 0.1) is 23.4 Å². The van der Waals surface area contributed by atoms with E-state index in [0.717, 1.165) is 6.07 Å². The number of aryl methyl sites for hydroxylation is 1. The molecule has 392 valence electrons. The first kappa shape index (κ1) is 54.4. The van der Waals surface area contributed by atoms with E-state index < -0.39 is 64.8 Å². The van der Waals surface area contributed by atoms with Crippen molar-refractivity contribution >= 4 is 69.9 Å². The van der Waals surface area contributed by atoms with Gasteiger partial charge < -0.3 is 51.2 Å². The van der Waals surface area contributed by atoms with Gasteiger partial charge in [0.15, 0.2) is 0 Å². The molecule has 73 heavy (non-hydrogen) atoms. The van der Waals surface area contributed by atoms with Gasteiger partial charge >= 0.3 is 18.1 Å². The van der Waals surface area contributed by atoms with Crippen molar-refractivity contribution in [2.75, 3.05) is 49.5 Å². The van der Waals surface area contributed by atoms with E-state index in [-0.39, 0.29) is 99.7 Å². The third-order valence-corrected chi connectivity index (χ3v) is 12.8. The fourth-order valence-electron chi connectivity index (χ4n) is 8.65. The molecule has 2 aromatic carbocycles. The third-order valence-electron chi connectivity index (χ3n) is 12.8. The van der Waals surface area contributed by atoms with Crippen molar-refractivity contribution in [1.82, 2.24) is 45.3 Å². The first-order valence-corrected chi connectivity index (χ1v) is 24.4. The van der Waals surface area contributed by atoms with Crippen LogP contribution < -0.4 is 37.3 Å². The lowest BCUT2D eigenvalue weighted by Gasteiger charge is -2.35. The monoisotopic (exact) mass is 1010 g/mol. The van der Waals surface area contributed by atoms with E-state index in [4.69, 9.17) is 10.5 Å². The Morgan fingerprint density at radius 2 is 1.58 bits per heavy atom. The van der Waals surface area contributed by atoms with Crippen molar-refractivity contribution in [1.29, 1.82) is 0 Å². The van der Waals surface area contributed by atoms with E-state index in [1.54, 1.807) is 53.8 Å². The number of imide groups is 1. The number of amides is 8. The maximum Gasteiger partial charge on any atom is 0.410 e. The zero-order valence-electron chi connectivity index (χ0n) is 41.4. The molecule has 2 aliphatic rings. The zero-order chi connectivity index (χ0) is 52.9. The second kappa shape index (κ2) is 25.0. The number of halogens is 1. The topological polar surface area (TPSA) is 303 Å². The second-order valence-electron chi connectivity index (χ2n) is 18.3. The number of ether oxygens (including phenoxy) is 1. The molecule has 0 bridgehead atoms. The minimum absolute atomic E-state index is 0.0360. The number of rotatable bonds is 23. The van der Waals surface area contributed by atoms with Crippen LogP contribution in [0.4, 0.5) is 25.4 Å². The van der Waals surface area contributed by atoms with Crippen LogP contribution >= 0.6 is 0 Å². The Morgan fingerprint density at radius 1 is 0.877 bits per heavy atom. The highest BCUT2D eigenvalue weighted by molar-refractivity contribution is 6.02. The molecule has 0 saturated carbocycles. The van der Waals surface area contributed by atoms with Gasteiger partial charge in [-0.05, 0) is 75.3 Å². The number of benzene rings is 2. The molecule has 2 saturated heterocycles. The van der Waals surface area contributed by atoms with Gasteiger partial charge in [-0.1, -0.05) is 37.6 Å². The number of carboxylic acid groups (broad SMARTS) is 1. The first-order valence-electron chi connectivity index (χ1n) is 24.4. The van der Waals surface area contributed by atoms with Crippen LogP contribution in [0.15, 0.2) is 53.6 Å². The summed E-state index contributed by atoms with van der Waals surface area (Å²) in [6.07, 6.45) is 5.14. The summed E-state index contributed by atoms with van der Waals surface area (Å²) in [7, 11) is 0. The molecular weight excluding hydrogens is 952 g/mol. The fourth-order valence-corrected chi connectivity index (χ4v) is 8.65. The molecule has 23 nitrogen and oxygen atoms in total. The summed E-state index contributed by atoms with van der Waals surface area (Å²) in [6, 6.07) is 6.06. The Balaban J connectivity index is 0.998. The highest BCUT2D eigenvalue weighted by Gasteiger charge is 2.30. The minimum atomic E-state index is -1.39. The highest BCUT2D eigenvalue weighted by atomic mass is 19.1. The summed E-state index contributed by atoms with van der Waals surface area (Å²) < 4.78 is 24.0. The summed E-state index contributed by atoms with van der Waals surface area (Å²) in [5.41, 5.74) is 6.08. The molecule has 4 aromatic rings. The predicted molar refractivity (Wildman–Crippen MR) is 263 cm³/mol. The number of nitrogens with one attached hydrogen (secondary N) is 4. The Hall–Kier alpha value is -7.92. The predicted octanol–water partition coefficient (Wildman–Crippen LogP) is 3.56. The normalized spacial score (nSPS) is 15.0. The van der Waals surface area contributed by atoms with Crippen LogP contribution in [-0.4, -0.2) is 127 Å². The maximum atomic E-state index is 15.4. The number of unbranched alkanes of at least 4 members (excludes halogenated alkanes) is 2. The number of hydrogen-bond donors (Lipinski definition) is 6. The molecule has 3 atom stereocenters. The Morgan fingerprint density at radius 3 is 2.22 bits per heavy atom. The summed E-state index contributed by atoms with van der Waals surface area (Å²) >= 11 is 0. The quantitative estimate of drug-likeness (QED) is 0.0458. The van der Waals surface area contributed by atoms with Crippen LogP contribution in [0.5, 0.6) is 0 Å². The highest BCUT2D eigenvalue weighted by Crippen LogP contribution is 2.28. The molecule has 0 aliphatic carbocycles. The number of carbonyl (C=O) groups is 8. The summed E-state index contributed by atoms with van der Waals surface area (Å²) in [5.74, 6) is -3.84. The van der Waals surface area contributed by atoms with E-state index in [2.05, 4.69) is 31.6 Å². The van der Waals surface area contributed by atoms with Crippen LogP contribution in [0.2, 0.25) is 0 Å². The molecule has 0 radical (unpaired) electrons. The summed E-state index contributed by atoms with van der Waals surface area (Å²) in [4.78, 5) is 117. The van der Waals surface area contributed by atoms with E-state index in [9.17, 15) is 48.3 Å². The van der Waals surface area contributed by atoms with E-state index in [0.29, 0.717) is 61.2 Å². The van der Waals surface area contributed by atoms with Gasteiger partial charge in [-0.3, -0.25) is 33.7 Å². The molecule has 24 heteroatoms. The lowest BCUT2D eigenvalue weighted by atomic mass is 10.0. The van der Waals surface area contributed by atoms with Crippen molar-refractivity contribution in [2.45, 2.75) is 110 Å². The maximum absolute atomic E-state index is 15.4. The largest absolute Gasteiger partial charge is 0.477 e. The van der Waals surface area contributed by atoms with E-state index >= 15 is 4.39 Å². The number of urea groups is 1. The van der Waals surface area contributed by atoms with Gasteiger partial charge in [0, 0.05) is 82.3 Å². The minimum Gasteiger partial charge on any atom is -0.477 e. The number of piperazine rings is 1. The lowest BCUT2D eigenvalue weighted by Crippen LogP contribution is -2.49. The van der Waals surface area contributed by atoms with Gasteiger partial charge in [-0.2, -0.15) is 0 Å². The Labute approximate surface area is 419 Å². The van der Waals surface area contributed by atoms with Gasteiger partial charge in [-0.15, -0.1) is 5.10 Å². The number of pyridine rings is 1. The van der Waals surface area contributed by atoms with Crippen LogP contribution in [-0.2, 0) is 41.9 Å². The summed E-state index contributed by atoms with van der Waals surface area (Å²) in [5, 5.41) is 29.0. The number of carboxylic acids is 1. The van der Waals surface area contributed by atoms with Crippen molar-refractivity contribution in [2.24, 2.45) is 11.7 Å². The van der Waals surface area contributed by atoms with E-state index in [1.165, 1.54) is 26.7 Å². The Bertz CT molecular complexity index is 2740. The number of nitrogens with two attached hydrogens (primary N) is 1. The van der Waals surface area contributed by atoms with Crippen molar-refractivity contribution in [3.63, 3.8) is 0 Å². The average Bonchev–Trinajstić information content (AvgIpc) is 3.97. The molecule has 2 aromatic heterocycles. The SMILES string of the molecule is CCn1cc(C(=O)O)c(=O)c2cc(F)c(N3CCN(C(=O)OCc4ccc(NC(=O)[C@H](CCCNC(N)=O)n5cc([C@@H](NC(=O)[C@@H](C)NC(=O)CCCCCN6C(=O)CCC6=O)C(C)C)nn5)cc4)CC3)cc21. The number of aromatic carboxylic acids is 1. The number of primary amides is 1. The van der Waals surface area contributed by atoms with Gasteiger partial charge in [-0.25, -0.2) is 23.5 Å². The Kier molecular flexibility index (Phi) is 18.6. The lowest BCUT2D eigenvalue weighted by molar-refractivity contribution is -0.138. The first-order chi connectivity index (χ1) is 34.8. The standard InChI is InChI=1S/C49H63FN12O11/c1-5-58-26-34(47(69)70)44(66)33-24-35(50)39(25-38(33)58)59-20-22-60(23-21-59)49(72)73-28-31-12-14-32(15-13-31)54-46(68)37(10-9-18-52-48(51)71)62-27-36(56-57-62)43(29(2)3)55-45(67)30(4)53-40(63)11-7-6-8-19-61-41(64)16-17-42(61)65/h12-15,24-27,29-30,37,43H,5-11,16-23,28H2,1-4H3,(H,53,63)(H,54,68)(H,55,67)(H,69,70)(H3,51,52,71)/t30-,37+,43+/m1/s1. The number of anilines is 2. The third kappa shape index (κ3) is 14.2. The molecule has 2 aliphatic heterocycles. The van der Waals surface area contributed by atoms with E-state index in [1.807, 2.05) is 13.8 Å². The van der Waals surface area contributed by atoms with Crippen LogP contribution in [0, 0.1) is 11.7 Å². The van der Waals surface area contributed by atoms with Crippen LogP contribution in [0.1, 0.15) is 113 Å². The molecular formula is C49H63FN12O11. The number of aromatic nitrogens is 4. The van der Waals surface area contributed by atoms with Gasteiger partial charge in [0.25, 0.3) is 0 Å². The fraction of sp³-hybridized carbons (Fsp3) is 0.490. The summed E-state index contributed by atoms with van der Waals surface area (Å²) in [6.45, 7) is 8.85. The van der Waals surface area contributed by atoms with Crippen molar-refractivity contribution in [3.05, 3.63) is 81.7 Å².